The van der Waals surface area contributed by atoms with Gasteiger partial charge in [0, 0.05) is 5.41 Å². The minimum atomic E-state index is -0.521. The second-order valence-electron chi connectivity index (χ2n) is 3.52. The van der Waals surface area contributed by atoms with E-state index in [1.54, 1.807) is 20.8 Å². The van der Waals surface area contributed by atoms with E-state index in [4.69, 9.17) is 5.11 Å². The molecule has 0 aromatic carbocycles. The first-order chi connectivity index (χ1) is 5.43. The van der Waals surface area contributed by atoms with Crippen LogP contribution in [0.1, 0.15) is 31.3 Å². The maximum absolute atomic E-state index is 11.5. The number of ketones is 1. The van der Waals surface area contributed by atoms with Crippen LogP contribution in [0.5, 0.6) is 5.88 Å². The predicted octanol–water partition coefficient (Wildman–Crippen LogP) is 1.47. The Morgan fingerprint density at radius 2 is 2.00 bits per heavy atom. The Morgan fingerprint density at radius 1 is 1.42 bits per heavy atom. The number of aromatic hydroxyl groups is 1. The monoisotopic (exact) mass is 186 g/mol. The molecule has 0 radical (unpaired) electrons. The highest BCUT2D eigenvalue weighted by atomic mass is 32.1. The van der Waals surface area contributed by atoms with E-state index >= 15 is 0 Å². The molecule has 0 unspecified atom stereocenters. The molecule has 0 amide bonds. The molecule has 1 N–H and O–H groups in total. The third-order valence-corrected chi connectivity index (χ3v) is 1.89. The van der Waals surface area contributed by atoms with Crippen LogP contribution in [0.15, 0.2) is 0 Å². The molecule has 0 saturated heterocycles. The number of carbonyl (C=O) groups excluding carboxylic acids is 1. The van der Waals surface area contributed by atoms with Gasteiger partial charge in [-0.05, 0) is 0 Å². The molecule has 1 rings (SSSR count). The van der Waals surface area contributed by atoms with E-state index in [2.05, 4.69) is 8.75 Å². The van der Waals surface area contributed by atoms with E-state index < -0.39 is 5.41 Å². The Balaban J connectivity index is 3.01. The van der Waals surface area contributed by atoms with Crippen molar-refractivity contribution in [1.82, 2.24) is 8.75 Å². The van der Waals surface area contributed by atoms with E-state index in [-0.39, 0.29) is 17.4 Å². The molecule has 0 bridgehead atoms. The van der Waals surface area contributed by atoms with Crippen molar-refractivity contribution in [2.75, 3.05) is 0 Å². The summed E-state index contributed by atoms with van der Waals surface area (Å²) in [5.74, 6) is -0.450. The first-order valence-corrected chi connectivity index (χ1v) is 4.22. The van der Waals surface area contributed by atoms with Gasteiger partial charge in [-0.1, -0.05) is 20.8 Å². The topological polar surface area (TPSA) is 63.1 Å². The fourth-order valence-corrected chi connectivity index (χ4v) is 1.13. The van der Waals surface area contributed by atoms with Crippen molar-refractivity contribution >= 4 is 17.5 Å². The molecule has 1 aromatic heterocycles. The van der Waals surface area contributed by atoms with Gasteiger partial charge in [0.25, 0.3) is 5.88 Å². The van der Waals surface area contributed by atoms with Crippen molar-refractivity contribution in [2.24, 2.45) is 5.41 Å². The summed E-state index contributed by atoms with van der Waals surface area (Å²) in [5.41, 5.74) is -0.444. The Kier molecular flexibility index (Phi) is 2.14. The lowest BCUT2D eigenvalue weighted by Gasteiger charge is -2.13. The fourth-order valence-electron chi connectivity index (χ4n) is 0.682. The van der Waals surface area contributed by atoms with Crippen molar-refractivity contribution in [3.63, 3.8) is 0 Å². The van der Waals surface area contributed by atoms with E-state index in [1.807, 2.05) is 0 Å². The van der Waals surface area contributed by atoms with Gasteiger partial charge in [0.1, 0.15) is 0 Å². The van der Waals surface area contributed by atoms with Gasteiger partial charge >= 0.3 is 0 Å². The van der Waals surface area contributed by atoms with Gasteiger partial charge < -0.3 is 5.11 Å². The number of rotatable bonds is 1. The number of hydrogen-bond acceptors (Lipinski definition) is 5. The van der Waals surface area contributed by atoms with Crippen LogP contribution in [-0.2, 0) is 0 Å². The Bertz CT molecular complexity index is 301. The van der Waals surface area contributed by atoms with Gasteiger partial charge in [0.05, 0.1) is 11.7 Å². The molecule has 0 spiro atoms. The Hall–Kier alpha value is -0.970. The van der Waals surface area contributed by atoms with E-state index in [0.717, 1.165) is 11.7 Å². The Labute approximate surface area is 74.6 Å². The highest BCUT2D eigenvalue weighted by Gasteiger charge is 2.28. The maximum atomic E-state index is 11.5. The predicted molar refractivity (Wildman–Crippen MR) is 45.4 cm³/mol. The minimum Gasteiger partial charge on any atom is -0.491 e. The summed E-state index contributed by atoms with van der Waals surface area (Å²) in [6.07, 6.45) is 0. The van der Waals surface area contributed by atoms with Crippen LogP contribution in [0.3, 0.4) is 0 Å². The molecule has 12 heavy (non-hydrogen) atoms. The normalized spacial score (nSPS) is 11.6. The van der Waals surface area contributed by atoms with Crippen LogP contribution in [0.2, 0.25) is 0 Å². The minimum absolute atomic E-state index is 0.0764. The first-order valence-electron chi connectivity index (χ1n) is 3.49. The van der Waals surface area contributed by atoms with E-state index in [0.29, 0.717) is 0 Å². The number of hydrogen-bond donors (Lipinski definition) is 1. The lowest BCUT2D eigenvalue weighted by molar-refractivity contribution is 0.0850. The lowest BCUT2D eigenvalue weighted by Crippen LogP contribution is -2.20. The summed E-state index contributed by atoms with van der Waals surface area (Å²) in [5, 5.41) is 9.10. The summed E-state index contributed by atoms with van der Waals surface area (Å²) >= 11 is 0.840. The van der Waals surface area contributed by atoms with Crippen LogP contribution < -0.4 is 0 Å². The zero-order valence-electron chi connectivity index (χ0n) is 7.16. The van der Waals surface area contributed by atoms with E-state index in [1.165, 1.54) is 0 Å². The first kappa shape index (κ1) is 9.12. The van der Waals surface area contributed by atoms with E-state index in [9.17, 15) is 4.79 Å². The summed E-state index contributed by atoms with van der Waals surface area (Å²) in [6, 6.07) is 0. The molecule has 5 heteroatoms. The molecule has 0 aliphatic rings. The van der Waals surface area contributed by atoms with Crippen LogP contribution in [0.25, 0.3) is 0 Å². The summed E-state index contributed by atoms with van der Waals surface area (Å²) < 4.78 is 7.23. The number of Topliss-reactive ketones (excluding diaryl/α,β-unsaturated/α-hetero) is 1. The quantitative estimate of drug-likeness (QED) is 0.674. The van der Waals surface area contributed by atoms with Crippen molar-refractivity contribution < 1.29 is 9.90 Å². The van der Waals surface area contributed by atoms with Crippen molar-refractivity contribution in [3.8, 4) is 5.88 Å². The zero-order chi connectivity index (χ0) is 9.35. The molecule has 1 heterocycles. The molecule has 0 aliphatic carbocycles. The molecular weight excluding hydrogens is 176 g/mol. The molecular formula is C7H10N2O2S. The van der Waals surface area contributed by atoms with Crippen LogP contribution in [-0.4, -0.2) is 19.6 Å². The third-order valence-electron chi connectivity index (χ3n) is 1.37. The Morgan fingerprint density at radius 3 is 2.33 bits per heavy atom. The molecule has 0 atom stereocenters. The molecule has 66 valence electrons. The maximum Gasteiger partial charge on any atom is 0.254 e. The van der Waals surface area contributed by atoms with Crippen molar-refractivity contribution in [2.45, 2.75) is 20.8 Å². The van der Waals surface area contributed by atoms with Crippen LogP contribution in [0.4, 0.5) is 0 Å². The standard InChI is InChI=1S/C7H10N2O2S/c1-7(2,3)5(10)4-6(11)9-12-8-4/h1-3H3,(H,9,11). The molecule has 0 saturated carbocycles. The fraction of sp³-hybridized carbons (Fsp3) is 0.571. The van der Waals surface area contributed by atoms with Crippen LogP contribution >= 0.6 is 11.7 Å². The number of aromatic nitrogens is 2. The van der Waals surface area contributed by atoms with Gasteiger partial charge in [0.2, 0.25) is 0 Å². The van der Waals surface area contributed by atoms with Gasteiger partial charge in [-0.3, -0.25) is 4.79 Å². The molecule has 0 fully saturated rings. The van der Waals surface area contributed by atoms with Crippen molar-refractivity contribution in [3.05, 3.63) is 5.69 Å². The van der Waals surface area contributed by atoms with Gasteiger partial charge in [-0.15, -0.1) is 4.37 Å². The molecule has 0 aliphatic heterocycles. The highest BCUT2D eigenvalue weighted by Crippen LogP contribution is 2.24. The zero-order valence-corrected chi connectivity index (χ0v) is 7.97. The van der Waals surface area contributed by atoms with Gasteiger partial charge in [0.15, 0.2) is 11.5 Å². The number of carbonyl (C=O) groups is 1. The lowest BCUT2D eigenvalue weighted by atomic mass is 9.89. The van der Waals surface area contributed by atoms with Crippen LogP contribution in [0, 0.1) is 5.41 Å². The SMILES string of the molecule is CC(C)(C)C(=O)c1nsnc1O. The smallest absolute Gasteiger partial charge is 0.254 e. The second kappa shape index (κ2) is 2.82. The summed E-state index contributed by atoms with van der Waals surface area (Å²) in [7, 11) is 0. The average molecular weight is 186 g/mol. The van der Waals surface area contributed by atoms with Gasteiger partial charge in [-0.25, -0.2) is 0 Å². The molecule has 4 nitrogen and oxygen atoms in total. The summed E-state index contributed by atoms with van der Waals surface area (Å²) in [4.78, 5) is 11.5. The third kappa shape index (κ3) is 1.61. The molecule has 1 aromatic rings. The van der Waals surface area contributed by atoms with Crippen molar-refractivity contribution in [1.29, 1.82) is 0 Å². The summed E-state index contributed by atoms with van der Waals surface area (Å²) in [6.45, 7) is 5.32. The average Bonchev–Trinajstić information content (AvgIpc) is 2.31. The second-order valence-corrected chi connectivity index (χ2v) is 4.04. The van der Waals surface area contributed by atoms with Gasteiger partial charge in [-0.2, -0.15) is 4.37 Å². The highest BCUT2D eigenvalue weighted by molar-refractivity contribution is 6.99. The number of nitrogens with zero attached hydrogens (tertiary/aromatic N) is 2. The largest absolute Gasteiger partial charge is 0.491 e.